The maximum Gasteiger partial charge on any atom is 0.185 e. The van der Waals surface area contributed by atoms with E-state index in [4.69, 9.17) is 22.8 Å². The fourth-order valence-electron chi connectivity index (χ4n) is 1.49. The van der Waals surface area contributed by atoms with Crippen molar-refractivity contribution in [2.45, 2.75) is 0 Å². The number of aldehydes is 1. The summed E-state index contributed by atoms with van der Waals surface area (Å²) in [5.74, 6) is 5.27. The third-order valence-electron chi connectivity index (χ3n) is 2.54. The SMILES string of the molecule is COc1cccc(C=O)c1O.NNC(=S)Nc1ccccc1.[Pt]. The molecule has 0 unspecified atom stereocenters. The van der Waals surface area contributed by atoms with E-state index in [0.717, 1.165) is 5.69 Å². The molecule has 0 spiro atoms. The van der Waals surface area contributed by atoms with Gasteiger partial charge in [0.15, 0.2) is 22.9 Å². The van der Waals surface area contributed by atoms with E-state index in [9.17, 15) is 9.90 Å². The van der Waals surface area contributed by atoms with E-state index in [1.165, 1.54) is 13.2 Å². The molecule has 6 nitrogen and oxygen atoms in total. The molecular formula is C15H17N3O3PtS. The Morgan fingerprint density at radius 2 is 1.87 bits per heavy atom. The van der Waals surface area contributed by atoms with Crippen LogP contribution in [0.15, 0.2) is 48.5 Å². The molecule has 0 bridgehead atoms. The minimum Gasteiger partial charge on any atom is -0.504 e. The number of hydrogen-bond acceptors (Lipinski definition) is 5. The molecule has 2 aromatic carbocycles. The topological polar surface area (TPSA) is 96.6 Å². The Morgan fingerprint density at radius 1 is 1.22 bits per heavy atom. The molecule has 0 aliphatic rings. The van der Waals surface area contributed by atoms with Gasteiger partial charge in [-0.1, -0.05) is 24.3 Å². The largest absolute Gasteiger partial charge is 0.504 e. The molecule has 5 N–H and O–H groups in total. The minimum absolute atomic E-state index is 0. The number of ether oxygens (including phenoxy) is 1. The summed E-state index contributed by atoms with van der Waals surface area (Å²) in [6, 6.07) is 14.3. The van der Waals surface area contributed by atoms with Crippen molar-refractivity contribution in [2.24, 2.45) is 5.84 Å². The number of nitrogens with one attached hydrogen (secondary N) is 2. The number of nitrogens with two attached hydrogens (primary N) is 1. The van der Waals surface area contributed by atoms with Crippen molar-refractivity contribution in [1.29, 1.82) is 0 Å². The van der Waals surface area contributed by atoms with E-state index in [-0.39, 0.29) is 32.4 Å². The third-order valence-corrected chi connectivity index (χ3v) is 2.76. The smallest absolute Gasteiger partial charge is 0.185 e. The van der Waals surface area contributed by atoms with Gasteiger partial charge in [0, 0.05) is 26.8 Å². The molecule has 0 aliphatic heterocycles. The van der Waals surface area contributed by atoms with E-state index < -0.39 is 0 Å². The number of benzene rings is 2. The van der Waals surface area contributed by atoms with E-state index in [1.54, 1.807) is 12.1 Å². The number of para-hydroxylation sites is 2. The summed E-state index contributed by atoms with van der Waals surface area (Å²) in [4.78, 5) is 10.3. The van der Waals surface area contributed by atoms with Crippen molar-refractivity contribution < 1.29 is 35.7 Å². The second kappa shape index (κ2) is 11.6. The van der Waals surface area contributed by atoms with Gasteiger partial charge in [0.2, 0.25) is 0 Å². The summed E-state index contributed by atoms with van der Waals surface area (Å²) in [7, 11) is 1.43. The first-order valence-electron chi connectivity index (χ1n) is 6.26. The molecule has 2 aromatic rings. The fourth-order valence-corrected chi connectivity index (χ4v) is 1.61. The van der Waals surface area contributed by atoms with Crippen LogP contribution in [0.5, 0.6) is 11.5 Å². The first kappa shape index (κ1) is 21.0. The molecule has 0 amide bonds. The minimum atomic E-state index is -0.106. The number of phenolic OH excluding ortho intramolecular Hbond substituents is 1. The van der Waals surface area contributed by atoms with E-state index in [0.29, 0.717) is 17.1 Å². The molecule has 0 saturated heterocycles. The van der Waals surface area contributed by atoms with Crippen LogP contribution in [0.4, 0.5) is 5.69 Å². The summed E-state index contributed by atoms with van der Waals surface area (Å²) in [5, 5.41) is 12.5. The normalized spacial score (nSPS) is 8.61. The van der Waals surface area contributed by atoms with Gasteiger partial charge in [-0.15, -0.1) is 0 Å². The van der Waals surface area contributed by atoms with Gasteiger partial charge in [-0.3, -0.25) is 4.79 Å². The van der Waals surface area contributed by atoms with E-state index in [2.05, 4.69) is 10.7 Å². The van der Waals surface area contributed by atoms with Gasteiger partial charge in [0.1, 0.15) is 0 Å². The summed E-state index contributed by atoms with van der Waals surface area (Å²) >= 11 is 4.79. The van der Waals surface area contributed by atoms with Crippen LogP contribution in [-0.2, 0) is 21.1 Å². The van der Waals surface area contributed by atoms with Gasteiger partial charge in [0.25, 0.3) is 0 Å². The molecule has 0 heterocycles. The van der Waals surface area contributed by atoms with Crippen LogP contribution in [0, 0.1) is 0 Å². The van der Waals surface area contributed by atoms with Gasteiger partial charge in [-0.25, -0.2) is 5.84 Å². The first-order chi connectivity index (χ1) is 10.6. The van der Waals surface area contributed by atoms with Crippen molar-refractivity contribution >= 4 is 29.3 Å². The monoisotopic (exact) mass is 514 g/mol. The van der Waals surface area contributed by atoms with E-state index in [1.807, 2.05) is 30.3 Å². The molecule has 0 saturated carbocycles. The van der Waals surface area contributed by atoms with Gasteiger partial charge < -0.3 is 20.6 Å². The maximum absolute atomic E-state index is 10.3. The van der Waals surface area contributed by atoms with Crippen molar-refractivity contribution in [2.75, 3.05) is 12.4 Å². The second-order valence-corrected chi connectivity index (χ2v) is 4.39. The molecule has 0 atom stereocenters. The number of aromatic hydroxyl groups is 1. The quantitative estimate of drug-likeness (QED) is 0.216. The molecule has 23 heavy (non-hydrogen) atoms. The number of anilines is 1. The number of rotatable bonds is 3. The first-order valence-corrected chi connectivity index (χ1v) is 6.67. The molecular weight excluding hydrogens is 497 g/mol. The average molecular weight is 514 g/mol. The van der Waals surface area contributed by atoms with Crippen LogP contribution in [0.1, 0.15) is 10.4 Å². The Bertz CT molecular complexity index is 627. The number of carbonyl (C=O) groups is 1. The van der Waals surface area contributed by atoms with Crippen molar-refractivity contribution in [3.05, 3.63) is 54.1 Å². The molecule has 8 heteroatoms. The van der Waals surface area contributed by atoms with Crippen LogP contribution in [0.3, 0.4) is 0 Å². The molecule has 0 radical (unpaired) electrons. The third kappa shape index (κ3) is 7.23. The Balaban J connectivity index is 0.000000403. The van der Waals surface area contributed by atoms with E-state index >= 15 is 0 Å². The number of thiocarbonyl (C=S) groups is 1. The molecule has 0 aromatic heterocycles. The zero-order chi connectivity index (χ0) is 16.4. The summed E-state index contributed by atoms with van der Waals surface area (Å²) in [6.45, 7) is 0. The Morgan fingerprint density at radius 3 is 2.39 bits per heavy atom. The van der Waals surface area contributed by atoms with Crippen molar-refractivity contribution in [3.63, 3.8) is 0 Å². The van der Waals surface area contributed by atoms with Crippen LogP contribution in [-0.4, -0.2) is 23.6 Å². The zero-order valence-electron chi connectivity index (χ0n) is 12.3. The number of methoxy groups -OCH3 is 1. The average Bonchev–Trinajstić information content (AvgIpc) is 2.56. The Labute approximate surface area is 154 Å². The fraction of sp³-hybridized carbons (Fsp3) is 0.0667. The maximum atomic E-state index is 10.3. The summed E-state index contributed by atoms with van der Waals surface area (Å²) in [6.07, 6.45) is 0.581. The summed E-state index contributed by atoms with van der Waals surface area (Å²) in [5.41, 5.74) is 3.50. The van der Waals surface area contributed by atoms with Crippen LogP contribution in [0.2, 0.25) is 0 Å². The molecule has 0 fully saturated rings. The van der Waals surface area contributed by atoms with Crippen LogP contribution < -0.4 is 21.3 Å². The molecule has 2 rings (SSSR count). The molecule has 126 valence electrons. The zero-order valence-corrected chi connectivity index (χ0v) is 15.4. The predicted molar refractivity (Wildman–Crippen MR) is 90.0 cm³/mol. The van der Waals surface area contributed by atoms with Crippen molar-refractivity contribution in [1.82, 2.24) is 5.43 Å². The van der Waals surface area contributed by atoms with Gasteiger partial charge >= 0.3 is 0 Å². The number of hydrogen-bond donors (Lipinski definition) is 4. The van der Waals surface area contributed by atoms with Crippen LogP contribution >= 0.6 is 12.2 Å². The number of phenols is 1. The van der Waals surface area contributed by atoms with Crippen molar-refractivity contribution in [3.8, 4) is 11.5 Å². The second-order valence-electron chi connectivity index (χ2n) is 3.98. The standard InChI is InChI=1S/C8H8O3.C7H9N3S.Pt/c1-11-7-4-2-3-6(5-9)8(7)10;8-10-7(11)9-6-4-2-1-3-5-6;/h2-5,10H,1H3;1-5H,8H2,(H2,9,10,11);. The molecule has 0 aliphatic carbocycles. The van der Waals surface area contributed by atoms with Crippen LogP contribution in [0.25, 0.3) is 0 Å². The number of hydrazine groups is 1. The van der Waals surface area contributed by atoms with Gasteiger partial charge in [-0.2, -0.15) is 0 Å². The number of carbonyl (C=O) groups excluding carboxylic acids is 1. The van der Waals surface area contributed by atoms with Gasteiger partial charge in [0.05, 0.1) is 12.7 Å². The Hall–Kier alpha value is -1.95. The Kier molecular flexibility index (Phi) is 10.6. The van der Waals surface area contributed by atoms with Gasteiger partial charge in [-0.05, 0) is 36.5 Å². The summed E-state index contributed by atoms with van der Waals surface area (Å²) < 4.78 is 4.78. The predicted octanol–water partition coefficient (Wildman–Crippen LogP) is 2.06.